The van der Waals surface area contributed by atoms with Crippen LogP contribution >= 0.6 is 11.6 Å². The van der Waals surface area contributed by atoms with Gasteiger partial charge in [0.1, 0.15) is 6.04 Å². The van der Waals surface area contributed by atoms with E-state index < -0.39 is 36.4 Å². The Kier molecular flexibility index (Phi) is 4.29. The lowest BCUT2D eigenvalue weighted by molar-refractivity contribution is -0.143. The number of aliphatic hydroxyl groups excluding tert-OH is 1. The van der Waals surface area contributed by atoms with Crippen molar-refractivity contribution < 1.29 is 29.0 Å². The van der Waals surface area contributed by atoms with Gasteiger partial charge in [0, 0.05) is 22.8 Å². The predicted octanol–water partition coefficient (Wildman–Crippen LogP) is 1.47. The summed E-state index contributed by atoms with van der Waals surface area (Å²) in [6.45, 7) is -0.709. The van der Waals surface area contributed by atoms with E-state index in [0.29, 0.717) is 28.0 Å². The fourth-order valence-electron chi connectivity index (χ4n) is 2.63. The van der Waals surface area contributed by atoms with Gasteiger partial charge in [-0.2, -0.15) is 0 Å². The fraction of sp³-hybridized carbons (Fsp3) is 0.312. The smallest absolute Gasteiger partial charge is 0.328 e. The van der Waals surface area contributed by atoms with Gasteiger partial charge >= 0.3 is 5.97 Å². The molecule has 0 unspecified atom stereocenters. The number of carbonyl (C=O) groups excluding carboxylic acids is 2. The molecule has 3 atom stereocenters. The van der Waals surface area contributed by atoms with Crippen LogP contribution in [0.4, 0.5) is 0 Å². The van der Waals surface area contributed by atoms with Crippen LogP contribution in [0.25, 0.3) is 11.0 Å². The molecule has 2 aromatic rings. The first kappa shape index (κ1) is 16.5. The molecule has 3 N–H and O–H groups in total. The predicted molar refractivity (Wildman–Crippen MR) is 83.8 cm³/mol. The van der Waals surface area contributed by atoms with Crippen LogP contribution in [-0.2, 0) is 9.59 Å². The summed E-state index contributed by atoms with van der Waals surface area (Å²) in [5.74, 6) is -3.21. The number of benzene rings is 1. The molecule has 1 fully saturated rings. The lowest BCUT2D eigenvalue weighted by atomic mass is 10.0. The number of hydrogen-bond donors (Lipinski definition) is 3. The molecule has 7 nitrogen and oxygen atoms in total. The number of hydrogen-bond acceptors (Lipinski definition) is 5. The molecule has 3 rings (SSSR count). The van der Waals surface area contributed by atoms with Gasteiger partial charge in [0.25, 0.3) is 0 Å². The maximum Gasteiger partial charge on any atom is 0.328 e. The molecule has 0 saturated heterocycles. The van der Waals surface area contributed by atoms with Gasteiger partial charge in [-0.05, 0) is 24.6 Å². The van der Waals surface area contributed by atoms with E-state index >= 15 is 0 Å². The first-order valence-corrected chi connectivity index (χ1v) is 7.65. The summed E-state index contributed by atoms with van der Waals surface area (Å²) >= 11 is 6.08. The highest BCUT2D eigenvalue weighted by Gasteiger charge is 2.48. The van der Waals surface area contributed by atoms with Crippen LogP contribution in [0.2, 0.25) is 5.02 Å². The average molecular weight is 352 g/mol. The Balaban J connectivity index is 1.70. The van der Waals surface area contributed by atoms with E-state index in [0.717, 1.165) is 0 Å². The van der Waals surface area contributed by atoms with Gasteiger partial charge in [0.2, 0.25) is 5.91 Å². The summed E-state index contributed by atoms with van der Waals surface area (Å²) in [7, 11) is 0. The van der Waals surface area contributed by atoms with E-state index in [9.17, 15) is 14.4 Å². The standard InChI is InChI=1S/C16H14ClNO6/c17-11-4-8(3-7-1-2-24-14(7)11)13(20)9-5-10(9)15(21)18-12(6-19)16(22)23/h1-4,9-10,12,19H,5-6H2,(H,18,21)(H,22,23)/t9-,10-,12-/m0/s1. The summed E-state index contributed by atoms with van der Waals surface area (Å²) < 4.78 is 5.21. The van der Waals surface area contributed by atoms with Crippen molar-refractivity contribution in [3.8, 4) is 0 Å². The highest BCUT2D eigenvalue weighted by atomic mass is 35.5. The molecule has 1 heterocycles. The number of aliphatic carboxylic acids is 1. The van der Waals surface area contributed by atoms with Gasteiger partial charge in [0.15, 0.2) is 11.4 Å². The monoisotopic (exact) mass is 351 g/mol. The number of carboxylic acid groups (broad SMARTS) is 1. The van der Waals surface area contributed by atoms with E-state index in [2.05, 4.69) is 5.32 Å². The van der Waals surface area contributed by atoms with Gasteiger partial charge in [-0.15, -0.1) is 0 Å². The Hall–Kier alpha value is -2.38. The fourth-order valence-corrected chi connectivity index (χ4v) is 2.90. The third kappa shape index (κ3) is 3.00. The van der Waals surface area contributed by atoms with Crippen molar-refractivity contribution in [3.63, 3.8) is 0 Å². The van der Waals surface area contributed by atoms with Gasteiger partial charge in [-0.3, -0.25) is 9.59 Å². The number of aliphatic hydroxyl groups is 1. The number of carbonyl (C=O) groups is 3. The molecule has 0 spiro atoms. The molecule has 24 heavy (non-hydrogen) atoms. The number of Topliss-reactive ketones (excluding diaryl/α,β-unsaturated/α-hetero) is 1. The Labute approximate surface area is 141 Å². The van der Waals surface area contributed by atoms with E-state index in [1.165, 1.54) is 12.3 Å². The molecule has 1 aromatic heterocycles. The summed E-state index contributed by atoms with van der Waals surface area (Å²) in [5, 5.41) is 21.0. The zero-order valence-electron chi connectivity index (χ0n) is 12.4. The number of amides is 1. The van der Waals surface area contributed by atoms with Crippen LogP contribution in [-0.4, -0.2) is 40.5 Å². The minimum Gasteiger partial charge on any atom is -0.480 e. The molecule has 1 amide bonds. The lowest BCUT2D eigenvalue weighted by Gasteiger charge is -2.11. The van der Waals surface area contributed by atoms with Crippen molar-refractivity contribution in [2.24, 2.45) is 11.8 Å². The highest BCUT2D eigenvalue weighted by Crippen LogP contribution is 2.42. The first-order chi connectivity index (χ1) is 11.4. The van der Waals surface area contributed by atoms with E-state index in [-0.39, 0.29) is 5.78 Å². The zero-order valence-corrected chi connectivity index (χ0v) is 13.1. The van der Waals surface area contributed by atoms with Crippen molar-refractivity contribution in [2.45, 2.75) is 12.5 Å². The van der Waals surface area contributed by atoms with Gasteiger partial charge in [-0.1, -0.05) is 11.6 Å². The van der Waals surface area contributed by atoms with Crippen LogP contribution in [0.5, 0.6) is 0 Å². The number of ketones is 1. The number of fused-ring (bicyclic) bond motifs is 1. The molecular weight excluding hydrogens is 338 g/mol. The molecule has 0 radical (unpaired) electrons. The van der Waals surface area contributed by atoms with Gasteiger partial charge in [-0.25, -0.2) is 4.79 Å². The zero-order chi connectivity index (χ0) is 17.4. The Morgan fingerprint density at radius 2 is 2.08 bits per heavy atom. The molecule has 0 aliphatic heterocycles. The summed E-state index contributed by atoms with van der Waals surface area (Å²) in [6, 6.07) is 3.46. The topological polar surface area (TPSA) is 117 Å². The highest BCUT2D eigenvalue weighted by molar-refractivity contribution is 6.35. The Morgan fingerprint density at radius 1 is 1.33 bits per heavy atom. The minimum atomic E-state index is -1.37. The lowest BCUT2D eigenvalue weighted by Crippen LogP contribution is -2.44. The summed E-state index contributed by atoms with van der Waals surface area (Å²) in [5.41, 5.74) is 0.872. The maximum atomic E-state index is 12.5. The molecular formula is C16H14ClNO6. The van der Waals surface area contributed by atoms with Gasteiger partial charge < -0.3 is 19.9 Å². The first-order valence-electron chi connectivity index (χ1n) is 7.27. The minimum absolute atomic E-state index is 0.226. The molecule has 0 bridgehead atoms. The third-order valence-electron chi connectivity index (χ3n) is 4.05. The van der Waals surface area contributed by atoms with Crippen molar-refractivity contribution in [2.75, 3.05) is 6.61 Å². The largest absolute Gasteiger partial charge is 0.480 e. The number of carboxylic acids is 1. The number of nitrogens with one attached hydrogen (secondary N) is 1. The normalized spacial score (nSPS) is 20.6. The van der Waals surface area contributed by atoms with Crippen molar-refractivity contribution in [3.05, 3.63) is 35.0 Å². The molecule has 126 valence electrons. The van der Waals surface area contributed by atoms with E-state index in [1.54, 1.807) is 12.1 Å². The van der Waals surface area contributed by atoms with Crippen LogP contribution in [0.15, 0.2) is 28.9 Å². The van der Waals surface area contributed by atoms with Crippen molar-refractivity contribution >= 4 is 40.2 Å². The molecule has 8 heteroatoms. The second-order valence-corrected chi connectivity index (χ2v) is 6.10. The molecule has 1 saturated carbocycles. The number of rotatable bonds is 6. The Bertz CT molecular complexity index is 829. The number of furan rings is 1. The Morgan fingerprint density at radius 3 is 2.75 bits per heavy atom. The van der Waals surface area contributed by atoms with E-state index in [4.69, 9.17) is 26.2 Å². The molecule has 1 aliphatic carbocycles. The quantitative estimate of drug-likeness (QED) is 0.678. The maximum absolute atomic E-state index is 12.5. The SMILES string of the molecule is O=C(O)[C@H](CO)NC(=O)[C@H]1C[C@@H]1C(=O)c1cc(Cl)c2occc2c1. The van der Waals surface area contributed by atoms with E-state index in [1.807, 2.05) is 0 Å². The van der Waals surface area contributed by atoms with Crippen molar-refractivity contribution in [1.29, 1.82) is 0 Å². The number of halogens is 1. The second kappa shape index (κ2) is 6.26. The van der Waals surface area contributed by atoms with Crippen molar-refractivity contribution in [1.82, 2.24) is 5.32 Å². The molecule has 1 aliphatic rings. The van der Waals surface area contributed by atoms with Crippen LogP contribution in [0.3, 0.4) is 0 Å². The average Bonchev–Trinajstić information content (AvgIpc) is 3.20. The molecule has 1 aromatic carbocycles. The summed E-state index contributed by atoms with van der Waals surface area (Å²) in [6.07, 6.45) is 1.81. The summed E-state index contributed by atoms with van der Waals surface area (Å²) in [4.78, 5) is 35.3. The second-order valence-electron chi connectivity index (χ2n) is 5.69. The van der Waals surface area contributed by atoms with Gasteiger partial charge in [0.05, 0.1) is 17.9 Å². The third-order valence-corrected chi connectivity index (χ3v) is 4.33. The van der Waals surface area contributed by atoms with Crippen LogP contribution < -0.4 is 5.32 Å². The van der Waals surface area contributed by atoms with Crippen LogP contribution in [0.1, 0.15) is 16.8 Å². The van der Waals surface area contributed by atoms with Crippen LogP contribution in [0, 0.1) is 11.8 Å².